The molecule has 0 saturated carbocycles. The van der Waals surface area contributed by atoms with Gasteiger partial charge in [-0.1, -0.05) is 172 Å². The topological polar surface area (TPSA) is 16.4 Å². The molecule has 2 heteroatoms. The van der Waals surface area contributed by atoms with E-state index in [1.54, 1.807) is 0 Å². The SMILES string of the molecule is CC1(C)c2ccccc2-c2cc(-c3ccc(-c4ccc(N(c5ccc(-c6ccccc6)cc5)c5cccc(-c6cccc7oc8ccccc8c67)c5)cc4)cc3)ccc21. The average molecular weight is 756 g/mol. The Hall–Kier alpha value is -7.42. The van der Waals surface area contributed by atoms with Crippen LogP contribution in [0, 0.1) is 0 Å². The third-order valence-electron chi connectivity index (χ3n) is 12.3. The molecule has 0 radical (unpaired) electrons. The first-order valence-electron chi connectivity index (χ1n) is 20.4. The summed E-state index contributed by atoms with van der Waals surface area (Å²) in [5.41, 5.74) is 20.1. The molecule has 0 fully saturated rings. The zero-order valence-electron chi connectivity index (χ0n) is 33.1. The van der Waals surface area contributed by atoms with Gasteiger partial charge in [-0.25, -0.2) is 0 Å². The molecular formula is C57H41NO. The fraction of sp³-hybridized carbons (Fsp3) is 0.0526. The molecule has 10 aromatic rings. The molecule has 0 spiro atoms. The molecule has 280 valence electrons. The highest BCUT2D eigenvalue weighted by Gasteiger charge is 2.35. The smallest absolute Gasteiger partial charge is 0.136 e. The maximum atomic E-state index is 6.28. The molecule has 1 aliphatic rings. The molecule has 9 aromatic carbocycles. The normalized spacial score (nSPS) is 12.7. The Balaban J connectivity index is 0.945. The monoisotopic (exact) mass is 755 g/mol. The van der Waals surface area contributed by atoms with Crippen molar-refractivity contribution in [2.45, 2.75) is 19.3 Å². The fourth-order valence-electron chi connectivity index (χ4n) is 9.27. The van der Waals surface area contributed by atoms with E-state index >= 15 is 0 Å². The molecule has 0 N–H and O–H groups in total. The van der Waals surface area contributed by atoms with Gasteiger partial charge in [0, 0.05) is 33.2 Å². The molecule has 0 amide bonds. The minimum atomic E-state index is 0.00865. The Morgan fingerprint density at radius 2 is 0.847 bits per heavy atom. The van der Waals surface area contributed by atoms with Crippen molar-refractivity contribution in [3.63, 3.8) is 0 Å². The maximum Gasteiger partial charge on any atom is 0.136 e. The largest absolute Gasteiger partial charge is 0.456 e. The zero-order chi connectivity index (χ0) is 39.5. The molecule has 59 heavy (non-hydrogen) atoms. The number of benzene rings is 9. The van der Waals surface area contributed by atoms with E-state index in [9.17, 15) is 0 Å². The van der Waals surface area contributed by atoms with Gasteiger partial charge in [0.25, 0.3) is 0 Å². The van der Waals surface area contributed by atoms with Crippen molar-refractivity contribution < 1.29 is 4.42 Å². The summed E-state index contributed by atoms with van der Waals surface area (Å²) < 4.78 is 6.28. The van der Waals surface area contributed by atoms with Crippen LogP contribution in [0.4, 0.5) is 17.1 Å². The second-order valence-electron chi connectivity index (χ2n) is 16.1. The van der Waals surface area contributed by atoms with E-state index in [-0.39, 0.29) is 5.41 Å². The van der Waals surface area contributed by atoms with E-state index in [1.165, 1.54) is 55.6 Å². The van der Waals surface area contributed by atoms with Gasteiger partial charge in [0.1, 0.15) is 11.2 Å². The first kappa shape index (κ1) is 34.8. The minimum absolute atomic E-state index is 0.00865. The third-order valence-corrected chi connectivity index (χ3v) is 12.3. The van der Waals surface area contributed by atoms with Gasteiger partial charge in [0.15, 0.2) is 0 Å². The molecule has 1 aromatic heterocycles. The van der Waals surface area contributed by atoms with Crippen LogP contribution in [0.1, 0.15) is 25.0 Å². The number of nitrogens with zero attached hydrogens (tertiary/aromatic N) is 1. The molecule has 1 aliphatic carbocycles. The van der Waals surface area contributed by atoms with Crippen LogP contribution in [-0.2, 0) is 5.41 Å². The molecule has 0 aliphatic heterocycles. The summed E-state index contributed by atoms with van der Waals surface area (Å²) >= 11 is 0. The van der Waals surface area contributed by atoms with E-state index in [1.807, 2.05) is 12.1 Å². The predicted octanol–water partition coefficient (Wildman–Crippen LogP) is 16.0. The van der Waals surface area contributed by atoms with E-state index in [0.717, 1.165) is 50.1 Å². The van der Waals surface area contributed by atoms with Crippen LogP contribution in [0.15, 0.2) is 217 Å². The maximum absolute atomic E-state index is 6.28. The highest BCUT2D eigenvalue weighted by Crippen LogP contribution is 2.49. The van der Waals surface area contributed by atoms with Crippen LogP contribution in [-0.4, -0.2) is 0 Å². The Bertz CT molecular complexity index is 3150. The lowest BCUT2D eigenvalue weighted by molar-refractivity contribution is 0.660. The molecular weight excluding hydrogens is 715 g/mol. The van der Waals surface area contributed by atoms with E-state index < -0.39 is 0 Å². The van der Waals surface area contributed by atoms with Crippen LogP contribution in [0.5, 0.6) is 0 Å². The first-order valence-corrected chi connectivity index (χ1v) is 20.4. The summed E-state index contributed by atoms with van der Waals surface area (Å²) in [7, 11) is 0. The quantitative estimate of drug-likeness (QED) is 0.161. The lowest BCUT2D eigenvalue weighted by Crippen LogP contribution is -2.14. The summed E-state index contributed by atoms with van der Waals surface area (Å²) in [6.07, 6.45) is 0. The number of anilines is 3. The number of para-hydroxylation sites is 1. The van der Waals surface area contributed by atoms with Crippen molar-refractivity contribution in [2.24, 2.45) is 0 Å². The van der Waals surface area contributed by atoms with Crippen LogP contribution in [0.3, 0.4) is 0 Å². The number of hydrogen-bond acceptors (Lipinski definition) is 2. The molecule has 0 saturated heterocycles. The van der Waals surface area contributed by atoms with Gasteiger partial charge in [-0.15, -0.1) is 0 Å². The van der Waals surface area contributed by atoms with Crippen LogP contribution < -0.4 is 4.90 Å². The summed E-state index contributed by atoms with van der Waals surface area (Å²) in [5, 5.41) is 2.27. The van der Waals surface area contributed by atoms with Gasteiger partial charge in [0.05, 0.1) is 0 Å². The van der Waals surface area contributed by atoms with Gasteiger partial charge in [-0.05, 0) is 121 Å². The van der Waals surface area contributed by atoms with Crippen LogP contribution >= 0.6 is 0 Å². The van der Waals surface area contributed by atoms with E-state index in [0.29, 0.717) is 0 Å². The van der Waals surface area contributed by atoms with Gasteiger partial charge in [-0.2, -0.15) is 0 Å². The van der Waals surface area contributed by atoms with Gasteiger partial charge < -0.3 is 9.32 Å². The number of rotatable bonds is 7. The highest BCUT2D eigenvalue weighted by atomic mass is 16.3. The predicted molar refractivity (Wildman–Crippen MR) is 248 cm³/mol. The van der Waals surface area contributed by atoms with Gasteiger partial charge in [-0.3, -0.25) is 0 Å². The molecule has 1 heterocycles. The van der Waals surface area contributed by atoms with Crippen molar-refractivity contribution in [3.8, 4) is 55.6 Å². The van der Waals surface area contributed by atoms with E-state index in [4.69, 9.17) is 4.42 Å². The van der Waals surface area contributed by atoms with Gasteiger partial charge in [0.2, 0.25) is 0 Å². The summed E-state index contributed by atoms with van der Waals surface area (Å²) in [4.78, 5) is 2.35. The lowest BCUT2D eigenvalue weighted by Gasteiger charge is -2.26. The Morgan fingerprint density at radius 3 is 1.58 bits per heavy atom. The van der Waals surface area contributed by atoms with Gasteiger partial charge >= 0.3 is 0 Å². The van der Waals surface area contributed by atoms with Crippen molar-refractivity contribution in [1.29, 1.82) is 0 Å². The Morgan fingerprint density at radius 1 is 0.339 bits per heavy atom. The van der Waals surface area contributed by atoms with Crippen LogP contribution in [0.25, 0.3) is 77.6 Å². The number of fused-ring (bicyclic) bond motifs is 6. The second-order valence-corrected chi connectivity index (χ2v) is 16.1. The highest BCUT2D eigenvalue weighted by molar-refractivity contribution is 6.12. The van der Waals surface area contributed by atoms with Crippen LogP contribution in [0.2, 0.25) is 0 Å². The standard InChI is InChI=1S/C57H41NO/c1-57(2)52-19-8-6-16-49(52)51-37-43(30-35-53(51)57)42-24-22-39(23-25-42)41-28-33-46(34-29-41)58(45-31-26-40(27-32-45)38-12-4-3-5-13-38)47-15-10-14-44(36-47)48-18-11-21-55-56(48)50-17-7-9-20-54(50)59-55/h3-37H,1-2H3. The summed E-state index contributed by atoms with van der Waals surface area (Å²) in [5.74, 6) is 0. The lowest BCUT2D eigenvalue weighted by atomic mass is 9.82. The fourth-order valence-corrected chi connectivity index (χ4v) is 9.27. The minimum Gasteiger partial charge on any atom is -0.456 e. The Kier molecular flexibility index (Phi) is 8.20. The molecule has 0 bridgehead atoms. The Labute approximate surface area is 345 Å². The molecule has 0 atom stereocenters. The second kappa shape index (κ2) is 13.9. The number of furan rings is 1. The average Bonchev–Trinajstić information content (AvgIpc) is 3.79. The van der Waals surface area contributed by atoms with Crippen molar-refractivity contribution in [2.75, 3.05) is 4.90 Å². The van der Waals surface area contributed by atoms with Crippen molar-refractivity contribution in [3.05, 3.63) is 223 Å². The van der Waals surface area contributed by atoms with Crippen molar-refractivity contribution in [1.82, 2.24) is 0 Å². The molecule has 0 unspecified atom stereocenters. The first-order chi connectivity index (χ1) is 29.0. The zero-order valence-corrected chi connectivity index (χ0v) is 33.1. The van der Waals surface area contributed by atoms with Crippen molar-refractivity contribution >= 4 is 39.0 Å². The third kappa shape index (κ3) is 5.96. The summed E-state index contributed by atoms with van der Waals surface area (Å²) in [6, 6.07) is 76.8. The summed E-state index contributed by atoms with van der Waals surface area (Å²) in [6.45, 7) is 4.67. The van der Waals surface area contributed by atoms with E-state index in [2.05, 4.69) is 219 Å². The number of hydrogen-bond donors (Lipinski definition) is 0. The molecule has 11 rings (SSSR count). The molecule has 2 nitrogen and oxygen atoms in total.